The van der Waals surface area contributed by atoms with E-state index >= 15 is 0 Å². The largest absolute Gasteiger partial charge is 0.490 e. The van der Waals surface area contributed by atoms with Gasteiger partial charge in [-0.1, -0.05) is 6.07 Å². The van der Waals surface area contributed by atoms with E-state index in [1.807, 2.05) is 24.5 Å². The van der Waals surface area contributed by atoms with Crippen LogP contribution in [0.4, 0.5) is 5.95 Å². The molecule has 4 aromatic rings. The Morgan fingerprint density at radius 2 is 1.67 bits per heavy atom. The summed E-state index contributed by atoms with van der Waals surface area (Å²) >= 11 is 0. The van der Waals surface area contributed by atoms with Crippen molar-refractivity contribution >= 4 is 15.8 Å². The number of hydrogen-bond donors (Lipinski definition) is 0. The third kappa shape index (κ3) is 5.28. The molecule has 0 aliphatic carbocycles. The van der Waals surface area contributed by atoms with Gasteiger partial charge in [-0.3, -0.25) is 14.3 Å². The fraction of sp³-hybridized carbons (Fsp3) is 0.231. The fourth-order valence-electron chi connectivity index (χ4n) is 4.13. The van der Waals surface area contributed by atoms with E-state index in [0.717, 1.165) is 43.3 Å². The summed E-state index contributed by atoms with van der Waals surface area (Å²) in [5.74, 6) is 1.20. The molecule has 0 N–H and O–H groups in total. The summed E-state index contributed by atoms with van der Waals surface area (Å²) in [5, 5.41) is 0. The number of nitrogens with zero attached hydrogens (tertiary/aromatic N) is 5. The van der Waals surface area contributed by atoms with Crippen molar-refractivity contribution in [1.82, 2.24) is 19.5 Å². The van der Waals surface area contributed by atoms with E-state index in [1.54, 1.807) is 36.8 Å². The highest BCUT2D eigenvalue weighted by molar-refractivity contribution is 7.90. The van der Waals surface area contributed by atoms with Crippen LogP contribution in [0, 0.1) is 0 Å². The molecule has 4 heterocycles. The van der Waals surface area contributed by atoms with Crippen molar-refractivity contribution in [2.24, 2.45) is 0 Å². The second-order valence-electron chi connectivity index (χ2n) is 8.65. The first-order valence-electron chi connectivity index (χ1n) is 11.5. The van der Waals surface area contributed by atoms with Crippen LogP contribution in [-0.4, -0.2) is 53.4 Å². The maximum atomic E-state index is 12.7. The van der Waals surface area contributed by atoms with Gasteiger partial charge in [0.1, 0.15) is 11.9 Å². The lowest BCUT2D eigenvalue weighted by molar-refractivity contribution is 0.170. The lowest BCUT2D eigenvalue weighted by atomic mass is 10.1. The Morgan fingerprint density at radius 1 is 0.944 bits per heavy atom. The molecule has 3 aromatic heterocycles. The molecule has 1 saturated heterocycles. The maximum absolute atomic E-state index is 12.7. The summed E-state index contributed by atoms with van der Waals surface area (Å²) in [5.41, 5.74) is 2.23. The average Bonchev–Trinajstić information content (AvgIpc) is 2.89. The summed E-state index contributed by atoms with van der Waals surface area (Å²) in [4.78, 5) is 28.2. The fourth-order valence-corrected chi connectivity index (χ4v) is 4.77. The zero-order chi connectivity index (χ0) is 25.1. The minimum Gasteiger partial charge on any atom is -0.490 e. The first-order chi connectivity index (χ1) is 17.4. The molecule has 0 bridgehead atoms. The van der Waals surface area contributed by atoms with Gasteiger partial charge in [-0.15, -0.1) is 0 Å². The van der Waals surface area contributed by atoms with Crippen LogP contribution < -0.4 is 15.2 Å². The van der Waals surface area contributed by atoms with Crippen LogP contribution in [0.5, 0.6) is 5.75 Å². The third-order valence-corrected chi connectivity index (χ3v) is 7.22. The van der Waals surface area contributed by atoms with E-state index in [4.69, 9.17) is 4.74 Å². The molecular formula is C26H25N5O4S. The SMILES string of the molecule is CS(=O)(=O)c1ccc(-n2ccc(OC3CCN(c4ncc(-c5cccnc5)cn4)CC3)cc2=O)cc1. The van der Waals surface area contributed by atoms with Crippen LogP contribution in [-0.2, 0) is 9.84 Å². The molecule has 0 spiro atoms. The monoisotopic (exact) mass is 503 g/mol. The van der Waals surface area contributed by atoms with E-state index < -0.39 is 9.84 Å². The first kappa shape index (κ1) is 23.7. The van der Waals surface area contributed by atoms with Gasteiger partial charge < -0.3 is 9.64 Å². The number of rotatable bonds is 6. The van der Waals surface area contributed by atoms with Crippen molar-refractivity contribution in [2.45, 2.75) is 23.8 Å². The third-order valence-electron chi connectivity index (χ3n) is 6.09. The molecule has 0 radical (unpaired) electrons. The lowest BCUT2D eigenvalue weighted by Gasteiger charge is -2.32. The van der Waals surface area contributed by atoms with Gasteiger partial charge in [0.15, 0.2) is 9.84 Å². The van der Waals surface area contributed by atoms with Gasteiger partial charge in [0.25, 0.3) is 5.56 Å². The standard InChI is InChI=1S/C26H25N5O4S/c1-36(33,34)24-6-4-21(5-7-24)31-14-10-23(15-25(31)32)35-22-8-12-30(13-9-22)26-28-17-20(18-29-26)19-3-2-11-27-16-19/h2-7,10-11,14-18,22H,8-9,12-13H2,1H3. The number of aromatic nitrogens is 4. The topological polar surface area (TPSA) is 107 Å². The normalized spacial score (nSPS) is 14.5. The second-order valence-corrected chi connectivity index (χ2v) is 10.7. The predicted molar refractivity (Wildman–Crippen MR) is 136 cm³/mol. The summed E-state index contributed by atoms with van der Waals surface area (Å²) in [6.07, 6.45) is 11.5. The molecule has 36 heavy (non-hydrogen) atoms. The van der Waals surface area contributed by atoms with E-state index in [0.29, 0.717) is 17.4 Å². The number of piperidine rings is 1. The van der Waals surface area contributed by atoms with E-state index in [-0.39, 0.29) is 16.6 Å². The molecule has 0 saturated carbocycles. The molecule has 9 nitrogen and oxygen atoms in total. The van der Waals surface area contributed by atoms with Crippen LogP contribution in [0.15, 0.2) is 89.2 Å². The number of sulfone groups is 1. The van der Waals surface area contributed by atoms with E-state index in [2.05, 4.69) is 19.9 Å². The van der Waals surface area contributed by atoms with Crippen molar-refractivity contribution in [3.8, 4) is 22.6 Å². The molecule has 10 heteroatoms. The van der Waals surface area contributed by atoms with Crippen LogP contribution in [0.2, 0.25) is 0 Å². The number of ether oxygens (including phenoxy) is 1. The van der Waals surface area contributed by atoms with Gasteiger partial charge in [-0.05, 0) is 36.4 Å². The molecule has 1 aromatic carbocycles. The Hall–Kier alpha value is -4.05. The number of pyridine rings is 2. The van der Waals surface area contributed by atoms with E-state index in [9.17, 15) is 13.2 Å². The number of benzene rings is 1. The minimum atomic E-state index is -3.29. The summed E-state index contributed by atoms with van der Waals surface area (Å²) in [6, 6.07) is 13.3. The van der Waals surface area contributed by atoms with Crippen LogP contribution in [0.1, 0.15) is 12.8 Å². The zero-order valence-electron chi connectivity index (χ0n) is 19.7. The lowest BCUT2D eigenvalue weighted by Crippen LogP contribution is -2.39. The Bertz CT molecular complexity index is 1500. The predicted octanol–water partition coefficient (Wildman–Crippen LogP) is 3.14. The van der Waals surface area contributed by atoms with Crippen molar-refractivity contribution in [3.63, 3.8) is 0 Å². The zero-order valence-corrected chi connectivity index (χ0v) is 20.5. The second kappa shape index (κ2) is 9.90. The molecule has 5 rings (SSSR count). The van der Waals surface area contributed by atoms with Gasteiger partial charge >= 0.3 is 0 Å². The quantitative estimate of drug-likeness (QED) is 0.395. The van der Waals surface area contributed by atoms with Gasteiger partial charge in [-0.25, -0.2) is 18.4 Å². The summed E-state index contributed by atoms with van der Waals surface area (Å²) in [6.45, 7) is 1.50. The van der Waals surface area contributed by atoms with E-state index in [1.165, 1.54) is 22.8 Å². The van der Waals surface area contributed by atoms with Gasteiger partial charge in [0, 0.05) is 86.1 Å². The summed E-state index contributed by atoms with van der Waals surface area (Å²) < 4.78 is 30.8. The maximum Gasteiger partial charge on any atom is 0.258 e. The molecule has 1 aliphatic rings. The molecule has 0 atom stereocenters. The Labute approximate surface area is 209 Å². The molecule has 1 fully saturated rings. The molecule has 0 unspecified atom stereocenters. The molecule has 1 aliphatic heterocycles. The Kier molecular flexibility index (Phi) is 6.51. The van der Waals surface area contributed by atoms with Crippen molar-refractivity contribution in [3.05, 3.63) is 89.9 Å². The van der Waals surface area contributed by atoms with Crippen molar-refractivity contribution in [2.75, 3.05) is 24.2 Å². The van der Waals surface area contributed by atoms with Crippen molar-refractivity contribution < 1.29 is 13.2 Å². The molecule has 0 amide bonds. The van der Waals surface area contributed by atoms with Crippen LogP contribution in [0.3, 0.4) is 0 Å². The highest BCUT2D eigenvalue weighted by atomic mass is 32.2. The number of hydrogen-bond acceptors (Lipinski definition) is 8. The minimum absolute atomic E-state index is 0.0137. The summed E-state index contributed by atoms with van der Waals surface area (Å²) in [7, 11) is -3.29. The van der Waals surface area contributed by atoms with Gasteiger partial charge in [0.05, 0.1) is 4.90 Å². The van der Waals surface area contributed by atoms with Crippen molar-refractivity contribution in [1.29, 1.82) is 0 Å². The highest BCUT2D eigenvalue weighted by Crippen LogP contribution is 2.23. The average molecular weight is 504 g/mol. The van der Waals surface area contributed by atoms with Crippen LogP contribution >= 0.6 is 0 Å². The highest BCUT2D eigenvalue weighted by Gasteiger charge is 2.22. The van der Waals surface area contributed by atoms with Crippen LogP contribution in [0.25, 0.3) is 16.8 Å². The number of anilines is 1. The Morgan fingerprint density at radius 3 is 2.28 bits per heavy atom. The van der Waals surface area contributed by atoms with Gasteiger partial charge in [-0.2, -0.15) is 0 Å². The molecule has 184 valence electrons. The van der Waals surface area contributed by atoms with Gasteiger partial charge in [0.2, 0.25) is 5.95 Å². The first-order valence-corrected chi connectivity index (χ1v) is 13.4. The molecular weight excluding hydrogens is 478 g/mol. The Balaban J connectivity index is 1.19. The smallest absolute Gasteiger partial charge is 0.258 e.